The number of nitrogens with one attached hydrogen (secondary N) is 1. The second kappa shape index (κ2) is 39.2. The van der Waals surface area contributed by atoms with Crippen LogP contribution in [0.3, 0.4) is 0 Å². The Bertz CT molecular complexity index is 1010. The number of unbranched alkanes of at least 4 members (excludes halogenated alkanes) is 25. The molecule has 0 saturated heterocycles. The summed E-state index contributed by atoms with van der Waals surface area (Å²) >= 11 is 0. The normalized spacial score (nSPS) is 14.6. The van der Waals surface area contributed by atoms with Gasteiger partial charge < -0.3 is 28.8 Å². The maximum absolute atomic E-state index is 12.9. The number of amides is 1. The van der Waals surface area contributed by atoms with E-state index in [1.54, 1.807) is 6.08 Å². The molecule has 0 heterocycles. The fourth-order valence-corrected chi connectivity index (χ4v) is 7.30. The van der Waals surface area contributed by atoms with Crippen molar-refractivity contribution in [2.24, 2.45) is 0 Å². The van der Waals surface area contributed by atoms with Crippen LogP contribution in [0, 0.1) is 0 Å². The quantitative estimate of drug-likeness (QED) is 0.0275. The van der Waals surface area contributed by atoms with Crippen LogP contribution in [0.5, 0.6) is 0 Å². The van der Waals surface area contributed by atoms with Crippen LogP contribution in [0.1, 0.15) is 206 Å². The molecule has 8 nitrogen and oxygen atoms in total. The lowest BCUT2D eigenvalue weighted by Gasteiger charge is -2.29. The maximum Gasteiger partial charge on any atom is 0.268 e. The number of allylic oxidation sites excluding steroid dienone is 5. The number of nitrogens with zero attached hydrogens (tertiary/aromatic N) is 1. The zero-order valence-electron chi connectivity index (χ0n) is 37.3. The molecule has 0 aliphatic carbocycles. The molecule has 0 aromatic carbocycles. The number of hydrogen-bond donors (Lipinski definition) is 2. The number of phosphoric acid groups is 1. The lowest BCUT2D eigenvalue weighted by Crippen LogP contribution is -2.45. The van der Waals surface area contributed by atoms with E-state index < -0.39 is 26.6 Å². The average Bonchev–Trinajstić information content (AvgIpc) is 3.15. The van der Waals surface area contributed by atoms with Gasteiger partial charge >= 0.3 is 0 Å². The SMILES string of the molecule is CCCCCCCC/C=C\CCCCCCCCCC(=O)NC(COP(=O)([O-])OCC[N+](C)(C)C)C(O)/C=C/CC/C=C/CCCCCCCCCCCCC. The number of phosphoric ester groups is 1. The van der Waals surface area contributed by atoms with Crippen molar-refractivity contribution in [1.29, 1.82) is 0 Å². The van der Waals surface area contributed by atoms with Gasteiger partial charge in [-0.1, -0.05) is 179 Å². The fraction of sp³-hybridized carbons (Fsp3) is 0.851. The number of carbonyl (C=O) groups excluding carboxylic acids is 1. The van der Waals surface area contributed by atoms with Crippen LogP contribution in [0.15, 0.2) is 36.5 Å². The highest BCUT2D eigenvalue weighted by molar-refractivity contribution is 7.45. The Labute approximate surface area is 347 Å². The zero-order chi connectivity index (χ0) is 41.4. The number of rotatable bonds is 42. The van der Waals surface area contributed by atoms with Crippen LogP contribution < -0.4 is 10.2 Å². The Kier molecular flexibility index (Phi) is 38.3. The third kappa shape index (κ3) is 40.9. The van der Waals surface area contributed by atoms with Crippen LogP contribution >= 0.6 is 7.82 Å². The van der Waals surface area contributed by atoms with Crippen molar-refractivity contribution in [2.75, 3.05) is 40.9 Å². The number of quaternary nitrogens is 1. The predicted octanol–water partition coefficient (Wildman–Crippen LogP) is 12.5. The molecular formula is C47H91N2O6P. The smallest absolute Gasteiger partial charge is 0.268 e. The first-order valence-electron chi connectivity index (χ1n) is 23.4. The van der Waals surface area contributed by atoms with Crippen LogP contribution in [0.2, 0.25) is 0 Å². The first kappa shape index (κ1) is 54.7. The summed E-state index contributed by atoms with van der Waals surface area (Å²) in [6.07, 6.45) is 47.6. The van der Waals surface area contributed by atoms with Crippen molar-refractivity contribution in [1.82, 2.24) is 5.32 Å². The van der Waals surface area contributed by atoms with E-state index in [9.17, 15) is 19.4 Å². The molecule has 1 amide bonds. The van der Waals surface area contributed by atoms with Crippen LogP contribution in [-0.2, 0) is 18.4 Å². The average molecular weight is 811 g/mol. The van der Waals surface area contributed by atoms with Gasteiger partial charge in [0.15, 0.2) is 0 Å². The predicted molar refractivity (Wildman–Crippen MR) is 238 cm³/mol. The molecule has 330 valence electrons. The van der Waals surface area contributed by atoms with E-state index in [1.165, 1.54) is 148 Å². The zero-order valence-corrected chi connectivity index (χ0v) is 38.2. The van der Waals surface area contributed by atoms with Crippen molar-refractivity contribution in [3.8, 4) is 0 Å². The van der Waals surface area contributed by atoms with Gasteiger partial charge in [-0.3, -0.25) is 9.36 Å². The van der Waals surface area contributed by atoms with Crippen molar-refractivity contribution in [2.45, 2.75) is 219 Å². The molecular weight excluding hydrogens is 719 g/mol. The minimum atomic E-state index is -4.60. The largest absolute Gasteiger partial charge is 0.756 e. The first-order valence-corrected chi connectivity index (χ1v) is 24.8. The van der Waals surface area contributed by atoms with Gasteiger partial charge in [0, 0.05) is 6.42 Å². The third-order valence-corrected chi connectivity index (χ3v) is 11.3. The number of hydrogen-bond acceptors (Lipinski definition) is 6. The Morgan fingerprint density at radius 3 is 1.45 bits per heavy atom. The highest BCUT2D eigenvalue weighted by Gasteiger charge is 2.23. The molecule has 0 bridgehead atoms. The van der Waals surface area contributed by atoms with E-state index in [1.807, 2.05) is 27.2 Å². The Morgan fingerprint density at radius 1 is 0.607 bits per heavy atom. The van der Waals surface area contributed by atoms with Crippen LogP contribution in [-0.4, -0.2) is 68.5 Å². The van der Waals surface area contributed by atoms with E-state index in [4.69, 9.17) is 9.05 Å². The van der Waals surface area contributed by atoms with Crippen molar-refractivity contribution in [3.05, 3.63) is 36.5 Å². The van der Waals surface area contributed by atoms with Gasteiger partial charge in [-0.2, -0.15) is 0 Å². The van der Waals surface area contributed by atoms with Crippen molar-refractivity contribution >= 4 is 13.7 Å². The maximum atomic E-state index is 12.9. The number of carbonyl (C=O) groups is 1. The molecule has 0 rings (SSSR count). The van der Waals surface area contributed by atoms with Crippen molar-refractivity contribution < 1.29 is 32.9 Å². The molecule has 0 aromatic heterocycles. The molecule has 3 unspecified atom stereocenters. The molecule has 0 aliphatic heterocycles. The summed E-state index contributed by atoms with van der Waals surface area (Å²) in [4.78, 5) is 25.3. The van der Waals surface area contributed by atoms with Gasteiger partial charge in [0.2, 0.25) is 5.91 Å². The summed E-state index contributed by atoms with van der Waals surface area (Å²) in [5, 5.41) is 13.8. The summed E-state index contributed by atoms with van der Waals surface area (Å²) in [6, 6.07) is -0.903. The Hall–Kier alpha value is -1.28. The van der Waals surface area contributed by atoms with Gasteiger partial charge in [-0.25, -0.2) is 0 Å². The Balaban J connectivity index is 4.45. The highest BCUT2D eigenvalue weighted by Crippen LogP contribution is 2.38. The van der Waals surface area contributed by atoms with E-state index in [0.29, 0.717) is 17.4 Å². The van der Waals surface area contributed by atoms with E-state index in [2.05, 4.69) is 43.5 Å². The summed E-state index contributed by atoms with van der Waals surface area (Å²) in [5.41, 5.74) is 0. The van der Waals surface area contributed by atoms with Crippen LogP contribution in [0.25, 0.3) is 0 Å². The molecule has 0 aliphatic rings. The fourth-order valence-electron chi connectivity index (χ4n) is 6.57. The van der Waals surface area contributed by atoms with E-state index in [-0.39, 0.29) is 12.5 Å². The van der Waals surface area contributed by atoms with Gasteiger partial charge in [-0.05, 0) is 57.8 Å². The lowest BCUT2D eigenvalue weighted by molar-refractivity contribution is -0.870. The second-order valence-electron chi connectivity index (χ2n) is 17.1. The second-order valence-corrected chi connectivity index (χ2v) is 18.5. The molecule has 3 atom stereocenters. The summed E-state index contributed by atoms with van der Waals surface area (Å²) in [6.45, 7) is 4.62. The molecule has 56 heavy (non-hydrogen) atoms. The van der Waals surface area contributed by atoms with Gasteiger partial charge in [0.1, 0.15) is 13.2 Å². The summed E-state index contributed by atoms with van der Waals surface area (Å²) in [5.74, 6) is -0.212. The molecule has 9 heteroatoms. The third-order valence-electron chi connectivity index (χ3n) is 10.3. The molecule has 0 spiro atoms. The molecule has 0 radical (unpaired) electrons. The van der Waals surface area contributed by atoms with Crippen LogP contribution in [0.4, 0.5) is 0 Å². The number of aliphatic hydroxyl groups is 1. The minimum Gasteiger partial charge on any atom is -0.756 e. The highest BCUT2D eigenvalue weighted by atomic mass is 31.2. The molecule has 0 fully saturated rings. The molecule has 0 saturated carbocycles. The monoisotopic (exact) mass is 811 g/mol. The van der Waals surface area contributed by atoms with Gasteiger partial charge in [0.05, 0.1) is 39.9 Å². The van der Waals surface area contributed by atoms with Crippen molar-refractivity contribution in [3.63, 3.8) is 0 Å². The summed E-state index contributed by atoms with van der Waals surface area (Å²) in [7, 11) is 1.24. The van der Waals surface area contributed by atoms with Gasteiger partial charge in [-0.15, -0.1) is 0 Å². The molecule has 2 N–H and O–H groups in total. The lowest BCUT2D eigenvalue weighted by atomic mass is 10.1. The number of likely N-dealkylation sites (N-methyl/N-ethyl adjacent to an activating group) is 1. The molecule has 0 aromatic rings. The topological polar surface area (TPSA) is 108 Å². The first-order chi connectivity index (χ1) is 27.0. The summed E-state index contributed by atoms with van der Waals surface area (Å²) < 4.78 is 23.2. The van der Waals surface area contributed by atoms with E-state index in [0.717, 1.165) is 38.5 Å². The van der Waals surface area contributed by atoms with Gasteiger partial charge in [0.25, 0.3) is 7.82 Å². The standard InChI is InChI=1S/C47H91N2O6P/c1-6-8-10-12-14-16-18-20-22-24-26-28-30-32-34-36-38-40-46(50)45(44-55-56(52,53)54-43-42-49(3,4)5)48-47(51)41-39-37-35-33-31-29-27-25-23-21-19-17-15-13-11-9-7-2/h21,23,30,32,38,40,45-46,50H,6-20,22,24-29,31,33-37,39,41-44H2,1-5H3,(H-,48,51,52,53)/b23-21-,32-30+,40-38+. The van der Waals surface area contributed by atoms with E-state index >= 15 is 0 Å². The minimum absolute atomic E-state index is 0.00705. The Morgan fingerprint density at radius 2 is 1.00 bits per heavy atom. The number of aliphatic hydroxyl groups excluding tert-OH is 1.